The first kappa shape index (κ1) is 23.6. The molecule has 7 heteroatoms. The molecule has 0 bridgehead atoms. The van der Waals surface area contributed by atoms with E-state index in [9.17, 15) is 4.79 Å². The van der Waals surface area contributed by atoms with Crippen molar-refractivity contribution in [1.82, 2.24) is 5.32 Å². The monoisotopic (exact) mass is 224 g/mol. The van der Waals surface area contributed by atoms with Crippen LogP contribution in [0, 0.1) is 0 Å². The number of hydrogen-bond donors (Lipinski definition) is 1. The second-order valence-electron chi connectivity index (χ2n) is 1.95. The Morgan fingerprint density at radius 3 is 2.00 bits per heavy atom. The molecule has 0 spiro atoms. The fourth-order valence-electron chi connectivity index (χ4n) is 0.565. The number of rotatable bonds is 0. The third-order valence-electron chi connectivity index (χ3n) is 0.903. The molecule has 1 aliphatic rings. The molecule has 13 heavy (non-hydrogen) atoms. The smallest absolute Gasteiger partial charge is 2.00 e. The molecule has 1 rings (SSSR count). The van der Waals surface area contributed by atoms with Gasteiger partial charge in [-0.2, -0.15) is 0 Å². The van der Waals surface area contributed by atoms with Gasteiger partial charge >= 0.3 is 60.8 Å². The van der Waals surface area contributed by atoms with E-state index in [0.29, 0.717) is 0 Å². The minimum Gasteiger partial charge on any atom is -2.00 e. The number of aliphatic carboxylic acids is 1. The van der Waals surface area contributed by atoms with Gasteiger partial charge in [0.15, 0.2) is 0 Å². The standard InChI is InChI=1S/C4H7NO.C2H4O2.Ca.Mg.O/c6-4-2-1-3-5-4;1-2(3)4;;;/h1-3H2,(H,5,6);1H3,(H,3,4);;;/q;;2*+2;-2/p-1. The van der Waals surface area contributed by atoms with E-state index in [1.807, 2.05) is 0 Å². The van der Waals surface area contributed by atoms with E-state index < -0.39 is 5.97 Å². The molecular formula is C6H10CaMgNO4+. The summed E-state index contributed by atoms with van der Waals surface area (Å²) < 4.78 is 0. The largest absolute Gasteiger partial charge is 2.00 e. The van der Waals surface area contributed by atoms with E-state index in [1.54, 1.807) is 0 Å². The van der Waals surface area contributed by atoms with E-state index in [1.165, 1.54) is 0 Å². The number of amides is 1. The summed E-state index contributed by atoms with van der Waals surface area (Å²) in [5.74, 6) is -0.880. The third kappa shape index (κ3) is 24.6. The Hall–Kier alpha value is 0.926. The third-order valence-corrected chi connectivity index (χ3v) is 0.903. The molecule has 1 N–H and O–H groups in total. The van der Waals surface area contributed by atoms with Gasteiger partial charge in [-0.25, -0.2) is 0 Å². The quantitative estimate of drug-likeness (QED) is 0.472. The van der Waals surface area contributed by atoms with Crippen molar-refractivity contribution in [2.24, 2.45) is 0 Å². The van der Waals surface area contributed by atoms with Crippen LogP contribution in [0.4, 0.5) is 0 Å². The SMILES string of the molecule is CC(=O)[O-].O=C1CCCN1.[Ca+2].[Mg+2].[O-2]. The zero-order valence-corrected chi connectivity index (χ0v) is 11.3. The second-order valence-corrected chi connectivity index (χ2v) is 1.95. The Balaban J connectivity index is -0.0000000536. The van der Waals surface area contributed by atoms with Crippen LogP contribution in [0.2, 0.25) is 0 Å². The summed E-state index contributed by atoms with van der Waals surface area (Å²) in [6.07, 6.45) is 1.76. The average molecular weight is 225 g/mol. The summed E-state index contributed by atoms with van der Waals surface area (Å²) in [6, 6.07) is 0. The molecule has 0 saturated carbocycles. The number of carboxylic acids is 1. The van der Waals surface area contributed by atoms with Gasteiger partial charge in [0.1, 0.15) is 0 Å². The van der Waals surface area contributed by atoms with Gasteiger partial charge in [-0.3, -0.25) is 4.79 Å². The topological polar surface area (TPSA) is 97.7 Å². The summed E-state index contributed by atoms with van der Waals surface area (Å²) >= 11 is 0. The van der Waals surface area contributed by atoms with Gasteiger partial charge in [-0.15, -0.1) is 0 Å². The Morgan fingerprint density at radius 1 is 1.54 bits per heavy atom. The van der Waals surface area contributed by atoms with E-state index in [0.717, 1.165) is 26.3 Å². The minimum absolute atomic E-state index is 0. The van der Waals surface area contributed by atoms with Gasteiger partial charge in [-0.1, -0.05) is 0 Å². The molecule has 0 radical (unpaired) electrons. The van der Waals surface area contributed by atoms with Crippen LogP contribution >= 0.6 is 0 Å². The van der Waals surface area contributed by atoms with Gasteiger partial charge in [0.2, 0.25) is 5.91 Å². The van der Waals surface area contributed by atoms with Crippen LogP contribution in [0.5, 0.6) is 0 Å². The molecule has 0 unspecified atom stereocenters. The van der Waals surface area contributed by atoms with E-state index >= 15 is 0 Å². The Bertz CT molecular complexity index is 133. The maximum absolute atomic E-state index is 10.1. The van der Waals surface area contributed by atoms with Gasteiger partial charge in [0, 0.05) is 18.9 Å². The summed E-state index contributed by atoms with van der Waals surface area (Å²) in [5, 5.41) is 11.6. The molecule has 1 aliphatic heterocycles. The van der Waals surface area contributed by atoms with Crippen molar-refractivity contribution in [2.75, 3.05) is 6.54 Å². The number of carboxylic acid groups (broad SMARTS) is 1. The van der Waals surface area contributed by atoms with Crippen molar-refractivity contribution in [3.63, 3.8) is 0 Å². The van der Waals surface area contributed by atoms with Crippen LogP contribution in [-0.4, -0.2) is 79.2 Å². The molecule has 1 fully saturated rings. The second kappa shape index (κ2) is 15.4. The molecule has 1 heterocycles. The van der Waals surface area contributed by atoms with Crippen LogP contribution in [0.1, 0.15) is 19.8 Å². The molecule has 5 nitrogen and oxygen atoms in total. The summed E-state index contributed by atoms with van der Waals surface area (Å²) in [4.78, 5) is 19.0. The molecule has 1 amide bonds. The predicted molar refractivity (Wildman–Crippen MR) is 45.1 cm³/mol. The normalized spacial score (nSPS) is 11.6. The molecule has 1 saturated heterocycles. The van der Waals surface area contributed by atoms with Crippen molar-refractivity contribution in [2.45, 2.75) is 19.8 Å². The molecule has 0 aromatic carbocycles. The van der Waals surface area contributed by atoms with Gasteiger partial charge < -0.3 is 20.7 Å². The Kier molecular flexibility index (Phi) is 28.0. The van der Waals surface area contributed by atoms with Gasteiger partial charge in [-0.05, 0) is 13.3 Å². The molecule has 66 valence electrons. The molecule has 0 aromatic heterocycles. The number of carbonyl (C=O) groups excluding carboxylic acids is 2. The summed E-state index contributed by atoms with van der Waals surface area (Å²) in [7, 11) is 0. The van der Waals surface area contributed by atoms with Crippen molar-refractivity contribution in [3.05, 3.63) is 0 Å². The van der Waals surface area contributed by atoms with Crippen molar-refractivity contribution >= 4 is 72.7 Å². The number of carbonyl (C=O) groups is 2. The minimum atomic E-state index is -1.08. The van der Waals surface area contributed by atoms with Crippen molar-refractivity contribution in [1.29, 1.82) is 0 Å². The van der Waals surface area contributed by atoms with Crippen LogP contribution in [-0.2, 0) is 15.1 Å². The fraction of sp³-hybridized carbons (Fsp3) is 0.667. The first-order chi connectivity index (χ1) is 4.63. The zero-order valence-electron chi connectivity index (χ0n) is 7.67. The van der Waals surface area contributed by atoms with Crippen LogP contribution in [0.15, 0.2) is 0 Å². The Labute approximate surface area is 123 Å². The Morgan fingerprint density at radius 2 is 1.92 bits per heavy atom. The van der Waals surface area contributed by atoms with Gasteiger partial charge in [0.25, 0.3) is 0 Å². The average Bonchev–Trinajstić information content (AvgIpc) is 2.15. The van der Waals surface area contributed by atoms with Crippen molar-refractivity contribution < 1.29 is 20.2 Å². The van der Waals surface area contributed by atoms with E-state index in [4.69, 9.17) is 9.90 Å². The number of nitrogens with one attached hydrogen (secondary N) is 1. The summed E-state index contributed by atoms with van der Waals surface area (Å²) in [6.45, 7) is 1.86. The maximum atomic E-state index is 10.1. The van der Waals surface area contributed by atoms with Crippen LogP contribution in [0.3, 0.4) is 0 Å². The predicted octanol–water partition coefficient (Wildman–Crippen LogP) is -2.23. The maximum Gasteiger partial charge on any atom is 2.00 e. The number of hydrogen-bond acceptors (Lipinski definition) is 3. The van der Waals surface area contributed by atoms with Crippen LogP contribution < -0.4 is 10.4 Å². The van der Waals surface area contributed by atoms with Crippen LogP contribution in [0.25, 0.3) is 0 Å². The van der Waals surface area contributed by atoms with E-state index in [-0.39, 0.29) is 72.2 Å². The van der Waals surface area contributed by atoms with E-state index in [2.05, 4.69) is 5.32 Å². The first-order valence-corrected chi connectivity index (χ1v) is 3.07. The molecule has 0 aliphatic carbocycles. The zero-order chi connectivity index (χ0) is 7.98. The first-order valence-electron chi connectivity index (χ1n) is 3.07. The summed E-state index contributed by atoms with van der Waals surface area (Å²) in [5.41, 5.74) is 0. The fourth-order valence-corrected chi connectivity index (χ4v) is 0.565. The molecular weight excluding hydrogens is 214 g/mol. The molecule has 0 atom stereocenters. The van der Waals surface area contributed by atoms with Gasteiger partial charge in [0.05, 0.1) is 0 Å². The van der Waals surface area contributed by atoms with Crippen molar-refractivity contribution in [3.8, 4) is 0 Å². The molecule has 0 aromatic rings.